The molecule has 0 spiro atoms. The van der Waals surface area contributed by atoms with E-state index in [2.05, 4.69) is 0 Å². The van der Waals surface area contributed by atoms with Gasteiger partial charge in [0.1, 0.15) is 0 Å². The van der Waals surface area contributed by atoms with Gasteiger partial charge in [-0.05, 0) is 41.3 Å². The van der Waals surface area contributed by atoms with E-state index in [4.69, 9.17) is 18.9 Å². The largest absolute Gasteiger partial charge is 0.454 e. The Morgan fingerprint density at radius 2 is 1.74 bits per heavy atom. The number of benzene rings is 2. The van der Waals surface area contributed by atoms with Crippen LogP contribution in [0.15, 0.2) is 24.3 Å². The summed E-state index contributed by atoms with van der Waals surface area (Å²) in [5.74, 6) is 2.04. The lowest BCUT2D eigenvalue weighted by molar-refractivity contribution is 0.0447. The van der Waals surface area contributed by atoms with Crippen LogP contribution >= 0.6 is 0 Å². The number of rotatable bonds is 0. The minimum atomic E-state index is -0.627. The number of carbonyl (C=O) groups excluding carboxylic acids is 1. The molecule has 3 atom stereocenters. The highest BCUT2D eigenvalue weighted by Crippen LogP contribution is 2.54. The predicted octanol–water partition coefficient (Wildman–Crippen LogP) is 1.97. The van der Waals surface area contributed by atoms with Crippen LogP contribution < -0.4 is 18.9 Å². The van der Waals surface area contributed by atoms with Crippen LogP contribution in [0.25, 0.3) is 0 Å². The third-order valence-corrected chi connectivity index (χ3v) is 6.02. The zero-order valence-corrected chi connectivity index (χ0v) is 14.6. The van der Waals surface area contributed by atoms with Gasteiger partial charge in [0.2, 0.25) is 13.6 Å². The molecular weight excluding hydrogens is 350 g/mol. The molecule has 138 valence electrons. The summed E-state index contributed by atoms with van der Waals surface area (Å²) in [6.07, 6.45) is -0.138. The second kappa shape index (κ2) is 5.07. The first-order valence-corrected chi connectivity index (χ1v) is 8.93. The lowest BCUT2D eigenvalue weighted by Crippen LogP contribution is -2.47. The fourth-order valence-corrected chi connectivity index (χ4v) is 4.82. The average molecular weight is 367 g/mol. The van der Waals surface area contributed by atoms with Gasteiger partial charge in [0.15, 0.2) is 23.0 Å². The molecule has 0 bridgehead atoms. The molecule has 0 saturated carbocycles. The molecule has 1 amide bonds. The van der Waals surface area contributed by atoms with E-state index < -0.39 is 6.10 Å². The molecule has 1 N–H and O–H groups in total. The van der Waals surface area contributed by atoms with Gasteiger partial charge in [0.25, 0.3) is 5.91 Å². The number of ether oxygens (including phenoxy) is 4. The van der Waals surface area contributed by atoms with Gasteiger partial charge >= 0.3 is 0 Å². The lowest BCUT2D eigenvalue weighted by atomic mass is 9.70. The first-order valence-electron chi connectivity index (χ1n) is 8.93. The van der Waals surface area contributed by atoms with Crippen LogP contribution in [0.3, 0.4) is 0 Å². The fourth-order valence-electron chi connectivity index (χ4n) is 4.82. The van der Waals surface area contributed by atoms with Gasteiger partial charge in [-0.1, -0.05) is 6.07 Å². The first kappa shape index (κ1) is 15.2. The van der Waals surface area contributed by atoms with Crippen molar-refractivity contribution in [1.82, 2.24) is 4.90 Å². The Balaban J connectivity index is 1.57. The van der Waals surface area contributed by atoms with Crippen molar-refractivity contribution in [2.45, 2.75) is 24.5 Å². The van der Waals surface area contributed by atoms with E-state index in [-0.39, 0.29) is 31.5 Å². The molecule has 2 aromatic rings. The molecule has 6 rings (SSSR count). The van der Waals surface area contributed by atoms with Crippen LogP contribution in [0.2, 0.25) is 0 Å². The van der Waals surface area contributed by atoms with Crippen LogP contribution in [-0.2, 0) is 6.42 Å². The Hall–Kier alpha value is -2.93. The molecule has 3 heterocycles. The van der Waals surface area contributed by atoms with Gasteiger partial charge in [0.05, 0.1) is 17.7 Å². The molecule has 27 heavy (non-hydrogen) atoms. The number of likely N-dealkylation sites (N-methyl/N-ethyl adjacent to an activating group) is 1. The number of amides is 1. The van der Waals surface area contributed by atoms with Crippen LogP contribution in [-0.4, -0.2) is 42.7 Å². The van der Waals surface area contributed by atoms with Gasteiger partial charge in [-0.2, -0.15) is 0 Å². The van der Waals surface area contributed by atoms with E-state index in [0.29, 0.717) is 35.0 Å². The maximum Gasteiger partial charge on any atom is 0.258 e. The molecule has 2 aromatic carbocycles. The van der Waals surface area contributed by atoms with Gasteiger partial charge in [-0.25, -0.2) is 0 Å². The zero-order valence-electron chi connectivity index (χ0n) is 14.6. The monoisotopic (exact) mass is 367 g/mol. The Morgan fingerprint density at radius 3 is 2.59 bits per heavy atom. The summed E-state index contributed by atoms with van der Waals surface area (Å²) < 4.78 is 22.0. The SMILES string of the molecule is CN1C(=O)c2c(ccc3c2OCO3)[C@@H]2[C@H](O)Cc3cc4c(cc3[C@@H]21)OCO4. The second-order valence-electron chi connectivity index (χ2n) is 7.33. The Labute approximate surface area is 155 Å². The summed E-state index contributed by atoms with van der Waals surface area (Å²) in [4.78, 5) is 14.9. The summed E-state index contributed by atoms with van der Waals surface area (Å²) >= 11 is 0. The van der Waals surface area contributed by atoms with Crippen molar-refractivity contribution in [1.29, 1.82) is 0 Å². The smallest absolute Gasteiger partial charge is 0.258 e. The van der Waals surface area contributed by atoms with Crippen molar-refractivity contribution in [3.8, 4) is 23.0 Å². The summed E-state index contributed by atoms with van der Waals surface area (Å²) in [5, 5.41) is 11.0. The molecule has 7 heteroatoms. The molecule has 0 saturated heterocycles. The molecule has 3 aliphatic heterocycles. The maximum absolute atomic E-state index is 13.2. The first-order chi connectivity index (χ1) is 13.1. The summed E-state index contributed by atoms with van der Waals surface area (Å²) in [6, 6.07) is 7.29. The number of nitrogens with zero attached hydrogens (tertiary/aromatic N) is 1. The van der Waals surface area contributed by atoms with Crippen LogP contribution in [0.1, 0.15) is 39.0 Å². The van der Waals surface area contributed by atoms with Gasteiger partial charge < -0.3 is 29.0 Å². The van der Waals surface area contributed by atoms with Crippen molar-refractivity contribution in [2.24, 2.45) is 0 Å². The third-order valence-electron chi connectivity index (χ3n) is 6.02. The van der Waals surface area contributed by atoms with Crippen LogP contribution in [0.5, 0.6) is 23.0 Å². The van der Waals surface area contributed by atoms with E-state index >= 15 is 0 Å². The van der Waals surface area contributed by atoms with Crippen LogP contribution in [0.4, 0.5) is 0 Å². The van der Waals surface area contributed by atoms with E-state index in [9.17, 15) is 9.90 Å². The van der Waals surface area contributed by atoms with Crippen molar-refractivity contribution in [3.05, 3.63) is 46.5 Å². The Bertz CT molecular complexity index is 1000. The molecule has 4 aliphatic rings. The minimum absolute atomic E-state index is 0.103. The van der Waals surface area contributed by atoms with Gasteiger partial charge in [-0.15, -0.1) is 0 Å². The number of hydrogen-bond donors (Lipinski definition) is 1. The molecule has 0 radical (unpaired) electrons. The van der Waals surface area contributed by atoms with E-state index in [1.807, 2.05) is 24.3 Å². The third kappa shape index (κ3) is 1.87. The molecule has 1 aliphatic carbocycles. The maximum atomic E-state index is 13.2. The van der Waals surface area contributed by atoms with Gasteiger partial charge in [0, 0.05) is 13.0 Å². The molecular formula is C20H17NO6. The lowest BCUT2D eigenvalue weighted by Gasteiger charge is -2.46. The number of hydrogen-bond acceptors (Lipinski definition) is 6. The molecule has 0 unspecified atom stereocenters. The highest BCUT2D eigenvalue weighted by molar-refractivity contribution is 6.01. The van der Waals surface area contributed by atoms with Crippen LogP contribution in [0, 0.1) is 0 Å². The van der Waals surface area contributed by atoms with Crippen molar-refractivity contribution in [3.63, 3.8) is 0 Å². The number of aliphatic hydroxyl groups is 1. The van der Waals surface area contributed by atoms with E-state index in [1.165, 1.54) is 0 Å². The number of fused-ring (bicyclic) bond motifs is 8. The molecule has 0 aromatic heterocycles. The topological polar surface area (TPSA) is 77.5 Å². The number of aliphatic hydroxyl groups excluding tert-OH is 1. The highest BCUT2D eigenvalue weighted by atomic mass is 16.7. The summed E-state index contributed by atoms with van der Waals surface area (Å²) in [7, 11) is 1.77. The quantitative estimate of drug-likeness (QED) is 0.767. The Kier molecular flexibility index (Phi) is 2.85. The predicted molar refractivity (Wildman–Crippen MR) is 92.4 cm³/mol. The zero-order chi connectivity index (χ0) is 18.3. The Morgan fingerprint density at radius 1 is 1.00 bits per heavy atom. The van der Waals surface area contributed by atoms with Crippen molar-refractivity contribution in [2.75, 3.05) is 20.6 Å². The van der Waals surface area contributed by atoms with E-state index in [1.54, 1.807) is 11.9 Å². The van der Waals surface area contributed by atoms with Gasteiger partial charge in [-0.3, -0.25) is 4.79 Å². The number of carbonyl (C=O) groups is 1. The summed E-state index contributed by atoms with van der Waals surface area (Å²) in [5.41, 5.74) is 3.28. The molecule has 0 fully saturated rings. The minimum Gasteiger partial charge on any atom is -0.454 e. The standard InChI is InChI=1S/C20H17NO6/c1-21-18-11-6-15-14(25-7-26-15)5-9(11)4-12(22)16(18)10-2-3-13-19(27-8-24-13)17(10)20(21)23/h2-3,5-6,12,16,18,22H,4,7-8H2,1H3/t12-,16-,18+/m1/s1. The highest BCUT2D eigenvalue weighted by Gasteiger charge is 2.48. The summed E-state index contributed by atoms with van der Waals surface area (Å²) in [6.45, 7) is 0.293. The normalized spacial score (nSPS) is 26.5. The molecule has 7 nitrogen and oxygen atoms in total. The second-order valence-corrected chi connectivity index (χ2v) is 7.33. The van der Waals surface area contributed by atoms with Crippen molar-refractivity contribution >= 4 is 5.91 Å². The average Bonchev–Trinajstić information content (AvgIpc) is 3.31. The van der Waals surface area contributed by atoms with Crippen molar-refractivity contribution < 1.29 is 28.8 Å². The van der Waals surface area contributed by atoms with E-state index in [0.717, 1.165) is 16.7 Å². The fraction of sp³-hybridized carbons (Fsp3) is 0.350.